The largest absolute Gasteiger partial charge is 0.493 e. The van der Waals surface area contributed by atoms with E-state index in [1.165, 1.54) is 7.11 Å². The fraction of sp³-hybridized carbons (Fsp3) is 0.333. The van der Waals surface area contributed by atoms with Crippen molar-refractivity contribution in [1.82, 2.24) is 0 Å². The van der Waals surface area contributed by atoms with Gasteiger partial charge in [0.15, 0.2) is 17.6 Å². The van der Waals surface area contributed by atoms with Crippen LogP contribution in [0, 0.1) is 0 Å². The highest BCUT2D eigenvalue weighted by Gasteiger charge is 2.36. The predicted molar refractivity (Wildman–Crippen MR) is 151 cm³/mol. The monoisotopic (exact) mass is 535 g/mol. The van der Waals surface area contributed by atoms with Crippen LogP contribution in [0.25, 0.3) is 11.1 Å². The fourth-order valence-corrected chi connectivity index (χ4v) is 6.53. The molecule has 2 aliphatic heterocycles. The Morgan fingerprint density at radius 3 is 2.37 bits per heavy atom. The Morgan fingerprint density at radius 1 is 1.00 bits per heavy atom. The maximum absolute atomic E-state index is 13.2. The van der Waals surface area contributed by atoms with Gasteiger partial charge in [0, 0.05) is 36.2 Å². The van der Waals surface area contributed by atoms with E-state index in [1.54, 1.807) is 23.1 Å². The summed E-state index contributed by atoms with van der Waals surface area (Å²) in [5.74, 6) is 6.02. The van der Waals surface area contributed by atoms with Crippen LogP contribution in [0.1, 0.15) is 19.3 Å². The molecular weight excluding hydrogens is 502 g/mol. The molecule has 0 aliphatic carbocycles. The second-order valence-electron chi connectivity index (χ2n) is 10.00. The summed E-state index contributed by atoms with van der Waals surface area (Å²) >= 11 is 0. The number of carbonyl (C=O) groups excluding carboxylic acids is 1. The van der Waals surface area contributed by atoms with Crippen LogP contribution >= 0.6 is 0 Å². The van der Waals surface area contributed by atoms with Gasteiger partial charge in [0.1, 0.15) is 18.0 Å². The zero-order chi connectivity index (χ0) is 26.8. The number of carbonyl (C=O) groups is 1. The summed E-state index contributed by atoms with van der Waals surface area (Å²) < 4.78 is 29.6. The van der Waals surface area contributed by atoms with Gasteiger partial charge in [0.25, 0.3) is 5.91 Å². The van der Waals surface area contributed by atoms with Crippen molar-refractivity contribution in [2.75, 3.05) is 36.7 Å². The van der Waals surface area contributed by atoms with Crippen LogP contribution in [-0.2, 0) is 14.3 Å². The molecule has 2 aliphatic rings. The highest BCUT2D eigenvalue weighted by molar-refractivity contribution is 8.00. The number of rotatable bonds is 8. The van der Waals surface area contributed by atoms with Gasteiger partial charge in [-0.05, 0) is 63.6 Å². The average molecular weight is 536 g/mol. The smallest absolute Gasteiger partial charge is 0.268 e. The van der Waals surface area contributed by atoms with Crippen LogP contribution in [0.2, 0.25) is 0 Å². The summed E-state index contributed by atoms with van der Waals surface area (Å²) in [6, 6.07) is 23.2. The molecule has 0 radical (unpaired) electrons. The van der Waals surface area contributed by atoms with Crippen molar-refractivity contribution >= 4 is 27.0 Å². The lowest BCUT2D eigenvalue weighted by atomic mass is 9.98. The van der Waals surface area contributed by atoms with Crippen LogP contribution in [0.4, 0.5) is 5.69 Å². The first-order valence-electron chi connectivity index (χ1n) is 12.7. The van der Waals surface area contributed by atoms with Crippen molar-refractivity contribution in [3.05, 3.63) is 72.8 Å². The number of hydrogen-bond acceptors (Lipinski definition) is 6. The van der Waals surface area contributed by atoms with E-state index in [9.17, 15) is 14.1 Å². The molecule has 1 atom stereocenters. The van der Waals surface area contributed by atoms with Crippen molar-refractivity contribution < 1.29 is 28.3 Å². The van der Waals surface area contributed by atoms with Crippen LogP contribution in [0.5, 0.6) is 17.2 Å². The van der Waals surface area contributed by atoms with Gasteiger partial charge < -0.3 is 24.2 Å². The molecule has 0 spiro atoms. The number of amides is 1. The zero-order valence-corrected chi connectivity index (χ0v) is 22.3. The summed E-state index contributed by atoms with van der Waals surface area (Å²) in [4.78, 5) is 14.9. The van der Waals surface area contributed by atoms with Crippen molar-refractivity contribution in [3.63, 3.8) is 0 Å². The number of benzene rings is 3. The average Bonchev–Trinajstić information content (AvgIpc) is 3.30. The molecule has 2 saturated heterocycles. The Hall–Kier alpha value is -3.49. The molecule has 8 heteroatoms. The van der Waals surface area contributed by atoms with Gasteiger partial charge in [-0.2, -0.15) is 0 Å². The molecule has 2 fully saturated rings. The van der Waals surface area contributed by atoms with Gasteiger partial charge in [-0.15, -0.1) is 0 Å². The molecule has 3 aromatic carbocycles. The van der Waals surface area contributed by atoms with Crippen molar-refractivity contribution in [2.45, 2.75) is 31.0 Å². The Balaban J connectivity index is 1.21. The van der Waals surface area contributed by atoms with E-state index in [4.69, 9.17) is 14.2 Å². The molecule has 1 N–H and O–H groups in total. The maximum Gasteiger partial charge on any atom is 0.268 e. The number of aliphatic hydroxyl groups is 1. The van der Waals surface area contributed by atoms with Crippen molar-refractivity contribution in [1.29, 1.82) is 0 Å². The third-order valence-electron chi connectivity index (χ3n) is 7.23. The summed E-state index contributed by atoms with van der Waals surface area (Å²) in [7, 11) is -0.558. The lowest BCUT2D eigenvalue weighted by Crippen LogP contribution is -2.43. The minimum Gasteiger partial charge on any atom is -0.493 e. The topological polar surface area (TPSA) is 85.3 Å². The molecular formula is C30H33NO6S. The molecule has 2 heterocycles. The second-order valence-corrected chi connectivity index (χ2v) is 12.7. The molecule has 1 amide bonds. The third kappa shape index (κ3) is 5.81. The van der Waals surface area contributed by atoms with E-state index in [1.807, 2.05) is 42.5 Å². The molecule has 3 aromatic rings. The molecule has 0 saturated carbocycles. The highest BCUT2D eigenvalue weighted by atomic mass is 32.2. The van der Waals surface area contributed by atoms with Crippen molar-refractivity contribution in [2.24, 2.45) is 0 Å². The Labute approximate surface area is 224 Å². The van der Waals surface area contributed by atoms with E-state index in [2.05, 4.69) is 18.0 Å². The second kappa shape index (κ2) is 10.7. The van der Waals surface area contributed by atoms with Gasteiger partial charge in [-0.1, -0.05) is 42.5 Å². The maximum atomic E-state index is 13.2. The first kappa shape index (κ1) is 26.1. The number of anilines is 1. The van der Waals surface area contributed by atoms with Gasteiger partial charge >= 0.3 is 0 Å². The van der Waals surface area contributed by atoms with Crippen LogP contribution in [0.3, 0.4) is 0 Å². The van der Waals surface area contributed by atoms with Crippen LogP contribution in [-0.4, -0.2) is 64.6 Å². The molecule has 38 heavy (non-hydrogen) atoms. The Kier molecular flexibility index (Phi) is 7.36. The van der Waals surface area contributed by atoms with Gasteiger partial charge in [-0.3, -0.25) is 9.00 Å². The first-order valence-corrected chi connectivity index (χ1v) is 14.8. The minimum absolute atomic E-state index is 0.0693. The molecule has 0 aromatic heterocycles. The lowest BCUT2D eigenvalue weighted by Gasteiger charge is -2.33. The SMILES string of the molecule is C=S1(=O)CCC(O)(COc2ccc(N3CCC(Oc4ccc(-c5ccccc5)cc4)C3=O)cc2OC)CC1. The standard InChI is InChI=1S/C30H33NO6S/c1-35-28-20-24(10-13-26(28)36-21-30(33)15-18-38(2,34)19-16-30)31-17-14-27(29(31)32)37-25-11-8-23(9-12-25)22-6-4-3-5-7-22/h3-13,20,27,33H,2,14-19,21H2,1H3. The van der Waals surface area contributed by atoms with Gasteiger partial charge in [0.2, 0.25) is 0 Å². The van der Waals surface area contributed by atoms with Gasteiger partial charge in [0.05, 0.1) is 7.11 Å². The minimum atomic E-state index is -2.10. The lowest BCUT2D eigenvalue weighted by molar-refractivity contribution is -0.122. The highest BCUT2D eigenvalue weighted by Crippen LogP contribution is 2.35. The summed E-state index contributed by atoms with van der Waals surface area (Å²) in [6.07, 6.45) is 0.772. The number of methoxy groups -OCH3 is 1. The van der Waals surface area contributed by atoms with Crippen LogP contribution in [0.15, 0.2) is 72.8 Å². The molecule has 5 rings (SSSR count). The fourth-order valence-electron chi connectivity index (χ4n) is 4.82. The summed E-state index contributed by atoms with van der Waals surface area (Å²) in [5, 5.41) is 10.8. The van der Waals surface area contributed by atoms with Crippen molar-refractivity contribution in [3.8, 4) is 28.4 Å². The number of ether oxygens (including phenoxy) is 3. The Bertz CT molecular complexity index is 1370. The molecule has 200 valence electrons. The summed E-state index contributed by atoms with van der Waals surface area (Å²) in [6.45, 7) is 0.596. The number of hydrogen-bond donors (Lipinski definition) is 1. The van der Waals surface area contributed by atoms with E-state index in [-0.39, 0.29) is 12.5 Å². The Morgan fingerprint density at radius 2 is 1.68 bits per heavy atom. The molecule has 1 unspecified atom stereocenters. The van der Waals surface area contributed by atoms with E-state index in [0.29, 0.717) is 60.2 Å². The van der Waals surface area contributed by atoms with E-state index < -0.39 is 21.2 Å². The number of nitrogens with zero attached hydrogens (tertiary/aromatic N) is 1. The van der Waals surface area contributed by atoms with E-state index in [0.717, 1.165) is 11.1 Å². The normalized spacial score (nSPS) is 25.3. The predicted octanol–water partition coefficient (Wildman–Crippen LogP) is 4.17. The van der Waals surface area contributed by atoms with Crippen LogP contribution < -0.4 is 19.1 Å². The third-order valence-corrected chi connectivity index (χ3v) is 9.13. The van der Waals surface area contributed by atoms with Gasteiger partial charge in [-0.25, -0.2) is 0 Å². The molecule has 7 nitrogen and oxygen atoms in total. The first-order chi connectivity index (χ1) is 18.3. The molecule has 0 bridgehead atoms. The quantitative estimate of drug-likeness (QED) is 0.436. The van der Waals surface area contributed by atoms with E-state index >= 15 is 0 Å². The zero-order valence-electron chi connectivity index (χ0n) is 21.5. The summed E-state index contributed by atoms with van der Waals surface area (Å²) in [5.41, 5.74) is 1.86.